The van der Waals surface area contributed by atoms with Crippen LogP contribution in [-0.4, -0.2) is 29.9 Å². The molecule has 1 rings (SSSR count). The Morgan fingerprint density at radius 1 is 1.20 bits per heavy atom. The predicted octanol–water partition coefficient (Wildman–Crippen LogP) is 3.03. The Kier molecular flexibility index (Phi) is 4.98. The van der Waals surface area contributed by atoms with Crippen molar-refractivity contribution in [1.29, 1.82) is 0 Å². The molecule has 0 bridgehead atoms. The highest BCUT2D eigenvalue weighted by molar-refractivity contribution is 6.69. The molecule has 108 valence electrons. The van der Waals surface area contributed by atoms with Gasteiger partial charge in [0.25, 0.3) is 14.0 Å². The molecular weight excluding hydrogens is 278 g/mol. The van der Waals surface area contributed by atoms with E-state index in [2.05, 4.69) is 5.16 Å². The molecule has 0 aromatic heterocycles. The lowest BCUT2D eigenvalue weighted by Crippen LogP contribution is -2.23. The number of nitro groups is 1. The Hall–Kier alpha value is -2.22. The van der Waals surface area contributed by atoms with Crippen LogP contribution < -0.4 is 0 Å². The smallest absolute Gasteiger partial charge is 0.278 e. The largest absolute Gasteiger partial charge is 0.618 e. The number of nitro benzene ring substituents is 1. The van der Waals surface area contributed by atoms with Crippen molar-refractivity contribution in [2.45, 2.75) is 26.6 Å². The van der Waals surface area contributed by atoms with E-state index < -0.39 is 13.2 Å². The van der Waals surface area contributed by atoms with Crippen LogP contribution in [0.1, 0.15) is 6.92 Å². The molecule has 0 saturated heterocycles. The van der Waals surface area contributed by atoms with Crippen LogP contribution in [0.5, 0.6) is 0 Å². The molecular formula is C12H17N3O4Si. The maximum Gasteiger partial charge on any atom is 0.278 e. The minimum Gasteiger partial charge on any atom is -0.618 e. The Labute approximate surface area is 118 Å². The highest BCUT2D eigenvalue weighted by atomic mass is 28.4. The van der Waals surface area contributed by atoms with E-state index in [0.717, 1.165) is 0 Å². The number of nitrogens with zero attached hydrogens (tertiary/aromatic N) is 3. The van der Waals surface area contributed by atoms with Crippen molar-refractivity contribution < 1.29 is 14.2 Å². The van der Waals surface area contributed by atoms with E-state index in [1.54, 1.807) is 6.92 Å². The zero-order chi connectivity index (χ0) is 15.3. The number of benzene rings is 1. The van der Waals surface area contributed by atoms with Crippen LogP contribution in [0.15, 0.2) is 29.4 Å². The van der Waals surface area contributed by atoms with Gasteiger partial charge in [-0.05, 0) is 26.6 Å². The van der Waals surface area contributed by atoms with Gasteiger partial charge in [-0.25, -0.2) is 0 Å². The minimum atomic E-state index is -1.77. The number of oxime groups is 1. The van der Waals surface area contributed by atoms with Gasteiger partial charge >= 0.3 is 0 Å². The van der Waals surface area contributed by atoms with Crippen molar-refractivity contribution in [2.24, 2.45) is 5.16 Å². The zero-order valence-corrected chi connectivity index (χ0v) is 12.9. The summed E-state index contributed by atoms with van der Waals surface area (Å²) in [5, 5.41) is 26.2. The van der Waals surface area contributed by atoms with Gasteiger partial charge in [-0.1, -0.05) is 0 Å². The molecule has 0 spiro atoms. The third-order valence-electron chi connectivity index (χ3n) is 2.08. The lowest BCUT2D eigenvalue weighted by Gasteiger charge is -2.12. The molecule has 8 heteroatoms. The van der Waals surface area contributed by atoms with Crippen molar-refractivity contribution in [3.8, 4) is 0 Å². The first-order chi connectivity index (χ1) is 9.19. The van der Waals surface area contributed by atoms with Crippen LogP contribution in [-0.2, 0) is 4.53 Å². The van der Waals surface area contributed by atoms with E-state index in [-0.39, 0.29) is 11.4 Å². The van der Waals surface area contributed by atoms with Crippen molar-refractivity contribution in [2.75, 3.05) is 0 Å². The Balaban J connectivity index is 2.85. The Bertz CT molecular complexity index is 547. The quantitative estimate of drug-likeness (QED) is 0.208. The van der Waals surface area contributed by atoms with Gasteiger partial charge in [0, 0.05) is 24.3 Å². The minimum absolute atomic E-state index is 0.0606. The molecule has 7 nitrogen and oxygen atoms in total. The second-order valence-electron chi connectivity index (χ2n) is 5.16. The summed E-state index contributed by atoms with van der Waals surface area (Å²) in [5.41, 5.74) is 0.661. The Morgan fingerprint density at radius 3 is 2.15 bits per heavy atom. The average Bonchev–Trinajstić information content (AvgIpc) is 2.35. The molecule has 0 heterocycles. The number of non-ortho nitro benzene ring substituents is 1. The molecule has 0 atom stereocenters. The summed E-state index contributed by atoms with van der Waals surface area (Å²) < 4.78 is 5.91. The molecule has 0 radical (unpaired) electrons. The molecule has 1 aromatic carbocycles. The van der Waals surface area contributed by atoms with E-state index >= 15 is 0 Å². The van der Waals surface area contributed by atoms with Gasteiger partial charge < -0.3 is 9.73 Å². The van der Waals surface area contributed by atoms with Crippen LogP contribution in [0.4, 0.5) is 11.4 Å². The van der Waals surface area contributed by atoms with Crippen LogP contribution in [0, 0.1) is 15.3 Å². The molecule has 20 heavy (non-hydrogen) atoms. The lowest BCUT2D eigenvalue weighted by molar-refractivity contribution is -0.385. The lowest BCUT2D eigenvalue weighted by atomic mass is 10.3. The molecule has 0 fully saturated rings. The monoisotopic (exact) mass is 295 g/mol. The summed E-state index contributed by atoms with van der Waals surface area (Å²) in [6.07, 6.45) is 1.27. The zero-order valence-electron chi connectivity index (χ0n) is 11.9. The average molecular weight is 295 g/mol. The highest BCUT2D eigenvalue weighted by Gasteiger charge is 2.16. The summed E-state index contributed by atoms with van der Waals surface area (Å²) in [5.74, 6) is 0. The summed E-state index contributed by atoms with van der Waals surface area (Å²) in [4.78, 5) is 10.00. The van der Waals surface area contributed by atoms with Crippen molar-refractivity contribution >= 4 is 31.6 Å². The number of rotatable bonds is 5. The van der Waals surface area contributed by atoms with Gasteiger partial charge in [-0.3, -0.25) is 10.1 Å². The molecule has 0 saturated carbocycles. The molecule has 0 N–H and O–H groups in total. The van der Waals surface area contributed by atoms with Crippen LogP contribution in [0.2, 0.25) is 19.6 Å². The number of hydrogen-bond acceptors (Lipinski definition) is 5. The molecule has 0 unspecified atom stereocenters. The topological polar surface area (TPSA) is 90.8 Å². The van der Waals surface area contributed by atoms with Gasteiger partial charge in [0.2, 0.25) is 11.9 Å². The fraction of sp³-hybridized carbons (Fsp3) is 0.333. The first-order valence-electron chi connectivity index (χ1n) is 5.97. The second-order valence-corrected chi connectivity index (χ2v) is 9.57. The van der Waals surface area contributed by atoms with E-state index in [1.807, 2.05) is 19.6 Å². The second kappa shape index (κ2) is 6.28. The standard InChI is InChI=1S/C12H17N3O4Si/c1-10(13-19-20(2,3)4)9-14(16)11-5-7-12(8-6-11)15(17)18/h5-9H,1-4H3/b13-10-,14-9-. The van der Waals surface area contributed by atoms with Crippen LogP contribution in [0.25, 0.3) is 0 Å². The highest BCUT2D eigenvalue weighted by Crippen LogP contribution is 2.17. The first kappa shape index (κ1) is 15.8. The summed E-state index contributed by atoms with van der Waals surface area (Å²) >= 11 is 0. The molecule has 0 amide bonds. The van der Waals surface area contributed by atoms with E-state index in [0.29, 0.717) is 10.5 Å². The van der Waals surface area contributed by atoms with Crippen molar-refractivity contribution in [3.63, 3.8) is 0 Å². The molecule has 1 aromatic rings. The fourth-order valence-corrected chi connectivity index (χ4v) is 1.62. The van der Waals surface area contributed by atoms with Crippen LogP contribution >= 0.6 is 0 Å². The molecule has 0 aliphatic carbocycles. The fourth-order valence-electron chi connectivity index (χ4n) is 1.20. The maximum absolute atomic E-state index is 11.8. The first-order valence-corrected chi connectivity index (χ1v) is 9.38. The van der Waals surface area contributed by atoms with E-state index in [1.165, 1.54) is 30.5 Å². The maximum atomic E-state index is 11.8. The van der Waals surface area contributed by atoms with Crippen molar-refractivity contribution in [1.82, 2.24) is 0 Å². The summed E-state index contributed by atoms with van der Waals surface area (Å²) in [6.45, 7) is 7.59. The van der Waals surface area contributed by atoms with Gasteiger partial charge in [-0.2, -0.15) is 4.74 Å². The molecule has 0 aliphatic heterocycles. The normalized spacial score (nSPS) is 13.2. The number of hydrogen-bond donors (Lipinski definition) is 0. The predicted molar refractivity (Wildman–Crippen MR) is 80.0 cm³/mol. The van der Waals surface area contributed by atoms with Gasteiger partial charge in [0.15, 0.2) is 0 Å². The molecule has 0 aliphatic rings. The summed E-state index contributed by atoms with van der Waals surface area (Å²) in [7, 11) is -1.77. The van der Waals surface area contributed by atoms with Crippen LogP contribution in [0.3, 0.4) is 0 Å². The Morgan fingerprint density at radius 2 is 1.70 bits per heavy atom. The SMILES string of the molecule is CC(/C=[N+](\[O-])c1ccc([N+](=O)[O-])cc1)=N/O[Si](C)(C)C. The third-order valence-corrected chi connectivity index (χ3v) is 2.72. The van der Waals surface area contributed by atoms with Gasteiger partial charge in [0.1, 0.15) is 5.71 Å². The van der Waals surface area contributed by atoms with Crippen molar-refractivity contribution in [3.05, 3.63) is 39.6 Å². The summed E-state index contributed by atoms with van der Waals surface area (Å²) in [6, 6.07) is 5.32. The van der Waals surface area contributed by atoms with Gasteiger partial charge in [0.05, 0.1) is 4.92 Å². The van der Waals surface area contributed by atoms with E-state index in [9.17, 15) is 15.3 Å². The van der Waals surface area contributed by atoms with E-state index in [4.69, 9.17) is 4.53 Å². The van der Waals surface area contributed by atoms with Gasteiger partial charge in [-0.15, -0.1) is 5.16 Å². The third kappa shape index (κ3) is 5.18.